The topological polar surface area (TPSA) is 134 Å². The first-order chi connectivity index (χ1) is 12.6. The van der Waals surface area contributed by atoms with Crippen LogP contribution in [0.2, 0.25) is 0 Å². The Balaban J connectivity index is 1.65. The van der Waals surface area contributed by atoms with Crippen LogP contribution >= 0.6 is 11.8 Å². The van der Waals surface area contributed by atoms with Crippen molar-refractivity contribution in [2.75, 3.05) is 11.5 Å². The molecule has 4 N–H and O–H groups in total. The van der Waals surface area contributed by atoms with E-state index < -0.39 is 0 Å². The van der Waals surface area contributed by atoms with Crippen molar-refractivity contribution in [2.45, 2.75) is 10.8 Å². The number of benzene rings is 1. The molecule has 0 fully saturated rings. The third-order valence-corrected chi connectivity index (χ3v) is 4.46. The van der Waals surface area contributed by atoms with E-state index in [-0.39, 0.29) is 17.7 Å². The summed E-state index contributed by atoms with van der Waals surface area (Å²) < 4.78 is 14.8. The summed E-state index contributed by atoms with van der Waals surface area (Å²) >= 11 is 1.40. The molecule has 0 unspecified atom stereocenters. The molecule has 4 rings (SSSR count). The highest BCUT2D eigenvalue weighted by molar-refractivity contribution is 7.98. The molecule has 0 atom stereocenters. The summed E-state index contributed by atoms with van der Waals surface area (Å²) in [7, 11) is 0. The number of fused-ring (bicyclic) bond motifs is 1. The van der Waals surface area contributed by atoms with E-state index in [2.05, 4.69) is 30.0 Å². The summed E-state index contributed by atoms with van der Waals surface area (Å²) in [5.74, 6) is 0.699. The zero-order valence-electron chi connectivity index (χ0n) is 13.2. The fraction of sp³-hybridized carbons (Fsp3) is 0.0667. The first-order valence-corrected chi connectivity index (χ1v) is 8.42. The summed E-state index contributed by atoms with van der Waals surface area (Å²) in [6.07, 6.45) is 3.11. The van der Waals surface area contributed by atoms with Crippen LogP contribution in [0, 0.1) is 5.82 Å². The second-order valence-electron chi connectivity index (χ2n) is 5.21. The van der Waals surface area contributed by atoms with E-state index in [0.717, 1.165) is 5.39 Å². The van der Waals surface area contributed by atoms with Crippen LogP contribution in [0.1, 0.15) is 5.82 Å². The van der Waals surface area contributed by atoms with Gasteiger partial charge in [0.1, 0.15) is 23.0 Å². The molecular weight excluding hydrogens is 357 g/mol. The van der Waals surface area contributed by atoms with Crippen LogP contribution in [0.3, 0.4) is 0 Å². The molecule has 0 bridgehead atoms. The fourth-order valence-electron chi connectivity index (χ4n) is 2.36. The Labute approximate surface area is 150 Å². The number of hydrogen-bond acceptors (Lipinski definition) is 9. The number of nitrogens with zero attached hydrogens (tertiary/aromatic N) is 7. The highest BCUT2D eigenvalue weighted by Gasteiger charge is 2.13. The number of aromatic nitrogens is 7. The summed E-state index contributed by atoms with van der Waals surface area (Å²) in [4.78, 5) is 20.4. The molecule has 0 aliphatic heterocycles. The lowest BCUT2D eigenvalue weighted by molar-refractivity contribution is 0.627. The van der Waals surface area contributed by atoms with E-state index in [0.29, 0.717) is 27.9 Å². The molecule has 0 spiro atoms. The predicted octanol–water partition coefficient (Wildman–Crippen LogP) is 1.60. The maximum absolute atomic E-state index is 13.1. The number of rotatable bonds is 4. The van der Waals surface area contributed by atoms with Gasteiger partial charge in [-0.05, 0) is 24.3 Å². The predicted molar refractivity (Wildman–Crippen MR) is 94.8 cm³/mol. The summed E-state index contributed by atoms with van der Waals surface area (Å²) in [6.45, 7) is 0. The maximum atomic E-state index is 13.1. The average molecular weight is 369 g/mol. The average Bonchev–Trinajstić information content (AvgIpc) is 3.04. The smallest absolute Gasteiger partial charge is 0.225 e. The molecule has 11 heteroatoms. The van der Waals surface area contributed by atoms with Crippen molar-refractivity contribution in [3.05, 3.63) is 48.4 Å². The zero-order chi connectivity index (χ0) is 18.1. The van der Waals surface area contributed by atoms with Crippen molar-refractivity contribution >= 4 is 34.7 Å². The van der Waals surface area contributed by atoms with Crippen molar-refractivity contribution in [1.29, 1.82) is 0 Å². The van der Waals surface area contributed by atoms with Gasteiger partial charge in [-0.2, -0.15) is 20.1 Å². The van der Waals surface area contributed by atoms with Gasteiger partial charge in [-0.25, -0.2) is 19.0 Å². The van der Waals surface area contributed by atoms with Crippen molar-refractivity contribution in [2.24, 2.45) is 0 Å². The van der Waals surface area contributed by atoms with Gasteiger partial charge in [-0.3, -0.25) is 0 Å². The number of anilines is 2. The molecule has 26 heavy (non-hydrogen) atoms. The number of hydrogen-bond donors (Lipinski definition) is 2. The van der Waals surface area contributed by atoms with E-state index in [4.69, 9.17) is 11.5 Å². The number of nitrogen functional groups attached to an aromatic ring is 2. The lowest BCUT2D eigenvalue weighted by atomic mass is 10.3. The van der Waals surface area contributed by atoms with Crippen LogP contribution in [-0.4, -0.2) is 34.7 Å². The molecule has 3 heterocycles. The molecule has 9 nitrogen and oxygen atoms in total. The van der Waals surface area contributed by atoms with Gasteiger partial charge in [0, 0.05) is 0 Å². The lowest BCUT2D eigenvalue weighted by Crippen LogP contribution is -2.06. The Morgan fingerprint density at radius 2 is 1.73 bits per heavy atom. The van der Waals surface area contributed by atoms with Crippen molar-refractivity contribution < 1.29 is 4.39 Å². The Bertz CT molecular complexity index is 1060. The van der Waals surface area contributed by atoms with E-state index in [9.17, 15) is 4.39 Å². The van der Waals surface area contributed by atoms with Gasteiger partial charge in [0.25, 0.3) is 0 Å². The molecular formula is C15H12FN9S. The molecule has 0 aliphatic carbocycles. The van der Waals surface area contributed by atoms with Gasteiger partial charge in [0.15, 0.2) is 5.65 Å². The van der Waals surface area contributed by atoms with Crippen LogP contribution in [0.4, 0.5) is 16.3 Å². The Morgan fingerprint density at radius 3 is 2.46 bits per heavy atom. The van der Waals surface area contributed by atoms with Gasteiger partial charge in [-0.1, -0.05) is 11.8 Å². The summed E-state index contributed by atoms with van der Waals surface area (Å²) in [5.41, 5.74) is 12.5. The van der Waals surface area contributed by atoms with Crippen molar-refractivity contribution in [3.63, 3.8) is 0 Å². The largest absolute Gasteiger partial charge is 0.368 e. The quantitative estimate of drug-likeness (QED) is 0.406. The van der Waals surface area contributed by atoms with E-state index in [1.54, 1.807) is 23.0 Å². The van der Waals surface area contributed by atoms with E-state index in [1.807, 2.05) is 0 Å². The first kappa shape index (κ1) is 16.1. The highest BCUT2D eigenvalue weighted by atomic mass is 32.2. The molecule has 3 aromatic heterocycles. The van der Waals surface area contributed by atoms with Crippen LogP contribution in [0.5, 0.6) is 0 Å². The molecule has 0 amide bonds. The number of halogens is 1. The van der Waals surface area contributed by atoms with Crippen molar-refractivity contribution in [3.8, 4) is 5.69 Å². The second-order valence-corrected chi connectivity index (χ2v) is 6.17. The van der Waals surface area contributed by atoms with Gasteiger partial charge < -0.3 is 11.5 Å². The first-order valence-electron chi connectivity index (χ1n) is 7.43. The molecule has 4 aromatic rings. The van der Waals surface area contributed by atoms with Gasteiger partial charge >= 0.3 is 0 Å². The Hall–Kier alpha value is -3.34. The van der Waals surface area contributed by atoms with Crippen LogP contribution in [-0.2, 0) is 5.75 Å². The number of thioether (sulfide) groups is 1. The van der Waals surface area contributed by atoms with Crippen LogP contribution < -0.4 is 11.5 Å². The van der Waals surface area contributed by atoms with Crippen molar-refractivity contribution in [1.82, 2.24) is 34.7 Å². The second kappa shape index (κ2) is 6.52. The zero-order valence-corrected chi connectivity index (χ0v) is 14.1. The molecule has 0 saturated heterocycles. The van der Waals surface area contributed by atoms with E-state index in [1.165, 1.54) is 30.2 Å². The molecule has 0 aliphatic rings. The minimum absolute atomic E-state index is 0.0741. The molecule has 0 radical (unpaired) electrons. The van der Waals surface area contributed by atoms with Gasteiger partial charge in [-0.15, -0.1) is 0 Å². The third-order valence-electron chi connectivity index (χ3n) is 3.45. The fourth-order valence-corrected chi connectivity index (χ4v) is 3.18. The third kappa shape index (κ3) is 3.11. The molecule has 0 saturated carbocycles. The number of nitrogens with two attached hydrogens (primary N) is 2. The lowest BCUT2D eigenvalue weighted by Gasteiger charge is -2.04. The van der Waals surface area contributed by atoms with Gasteiger partial charge in [0.2, 0.25) is 11.9 Å². The minimum Gasteiger partial charge on any atom is -0.368 e. The molecule has 1 aromatic carbocycles. The minimum atomic E-state index is -0.313. The maximum Gasteiger partial charge on any atom is 0.225 e. The summed E-state index contributed by atoms with van der Waals surface area (Å²) in [6, 6.07) is 6.00. The normalized spacial score (nSPS) is 11.1. The highest BCUT2D eigenvalue weighted by Crippen LogP contribution is 2.27. The Kier molecular flexibility index (Phi) is 4.05. The monoisotopic (exact) mass is 369 g/mol. The standard InChI is InChI=1S/C15H12FN9S/c16-8-1-3-9(4-2-8)25-12-10(5-21-25)13(20-7-19-12)26-6-11-22-14(17)24-15(18)23-11/h1-5,7H,6H2,(H4,17,18,22,23,24). The summed E-state index contributed by atoms with van der Waals surface area (Å²) in [5, 5.41) is 5.81. The Morgan fingerprint density at radius 1 is 1.00 bits per heavy atom. The SMILES string of the molecule is Nc1nc(N)nc(CSc2ncnc3c2cnn3-c2ccc(F)cc2)n1. The van der Waals surface area contributed by atoms with E-state index >= 15 is 0 Å². The van der Waals surface area contributed by atoms with Gasteiger partial charge in [0.05, 0.1) is 23.0 Å². The van der Waals surface area contributed by atoms with Crippen LogP contribution in [0.25, 0.3) is 16.7 Å². The molecule has 130 valence electrons. The van der Waals surface area contributed by atoms with Crippen LogP contribution in [0.15, 0.2) is 41.8 Å².